The average molecular weight is 374 g/mol. The Morgan fingerprint density at radius 2 is 1.61 bits per heavy atom. The van der Waals surface area contributed by atoms with Gasteiger partial charge in [0.15, 0.2) is 0 Å². The second-order valence-corrected chi connectivity index (χ2v) is 6.58. The van der Waals surface area contributed by atoms with E-state index in [1.165, 1.54) is 6.08 Å². The first-order chi connectivity index (χ1) is 13.5. The normalized spacial score (nSPS) is 11.0. The number of urea groups is 1. The summed E-state index contributed by atoms with van der Waals surface area (Å²) in [7, 11) is 0. The van der Waals surface area contributed by atoms with E-state index >= 15 is 0 Å². The van der Waals surface area contributed by atoms with Gasteiger partial charge in [0.1, 0.15) is 0 Å². The molecule has 3 aromatic rings. The molecule has 0 saturated heterocycles. The molecule has 0 atom stereocenters. The van der Waals surface area contributed by atoms with E-state index in [1.807, 2.05) is 44.2 Å². The number of amides is 3. The van der Waals surface area contributed by atoms with Crippen LogP contribution >= 0.6 is 0 Å². The van der Waals surface area contributed by atoms with Crippen molar-refractivity contribution in [2.75, 3.05) is 10.6 Å². The fourth-order valence-corrected chi connectivity index (χ4v) is 2.68. The number of pyridine rings is 1. The van der Waals surface area contributed by atoms with Gasteiger partial charge in [0.2, 0.25) is 5.91 Å². The number of hydrogen-bond donors (Lipinski definition) is 3. The molecule has 28 heavy (non-hydrogen) atoms. The predicted octanol–water partition coefficient (Wildman–Crippen LogP) is 4.42. The summed E-state index contributed by atoms with van der Waals surface area (Å²) in [5, 5.41) is 9.30. The maximum atomic E-state index is 12.2. The summed E-state index contributed by atoms with van der Waals surface area (Å²) in [5.74, 6) is -0.244. The lowest BCUT2D eigenvalue weighted by Gasteiger charge is -2.10. The van der Waals surface area contributed by atoms with Crippen LogP contribution in [0.2, 0.25) is 0 Å². The van der Waals surface area contributed by atoms with Gasteiger partial charge in [-0.25, -0.2) is 4.79 Å². The van der Waals surface area contributed by atoms with Gasteiger partial charge in [-0.3, -0.25) is 9.78 Å². The lowest BCUT2D eigenvalue weighted by molar-refractivity contribution is -0.111. The van der Waals surface area contributed by atoms with E-state index in [-0.39, 0.29) is 18.0 Å². The Hall–Kier alpha value is -3.67. The second-order valence-electron chi connectivity index (χ2n) is 6.58. The van der Waals surface area contributed by atoms with Crippen LogP contribution in [0, 0.1) is 0 Å². The number of aromatic nitrogens is 1. The van der Waals surface area contributed by atoms with Gasteiger partial charge in [-0.15, -0.1) is 0 Å². The first-order valence-corrected chi connectivity index (χ1v) is 9.01. The van der Waals surface area contributed by atoms with E-state index in [9.17, 15) is 9.59 Å². The second kappa shape index (κ2) is 8.81. The van der Waals surface area contributed by atoms with Gasteiger partial charge in [-0.2, -0.15) is 0 Å². The molecule has 1 aromatic heterocycles. The van der Waals surface area contributed by atoms with Crippen LogP contribution in [0.25, 0.3) is 17.0 Å². The van der Waals surface area contributed by atoms with E-state index in [0.717, 1.165) is 16.5 Å². The number of rotatable bonds is 5. The van der Waals surface area contributed by atoms with Crippen LogP contribution in [0.1, 0.15) is 19.4 Å². The zero-order valence-corrected chi connectivity index (χ0v) is 15.8. The number of nitrogens with one attached hydrogen (secondary N) is 3. The highest BCUT2D eigenvalue weighted by atomic mass is 16.2. The number of para-hydroxylation sites is 1. The molecule has 0 aliphatic rings. The number of nitrogens with zero attached hydrogens (tertiary/aromatic N) is 1. The Morgan fingerprint density at radius 1 is 0.929 bits per heavy atom. The Bertz CT molecular complexity index is 1010. The molecular formula is C22H22N4O2. The molecule has 2 aromatic carbocycles. The van der Waals surface area contributed by atoms with Crippen molar-refractivity contribution < 1.29 is 9.59 Å². The van der Waals surface area contributed by atoms with Crippen molar-refractivity contribution >= 4 is 40.3 Å². The highest BCUT2D eigenvalue weighted by Crippen LogP contribution is 2.17. The summed E-state index contributed by atoms with van der Waals surface area (Å²) in [6.45, 7) is 3.78. The molecule has 0 fully saturated rings. The zero-order valence-electron chi connectivity index (χ0n) is 15.8. The molecule has 1 heterocycles. The first-order valence-electron chi connectivity index (χ1n) is 9.01. The van der Waals surface area contributed by atoms with Gasteiger partial charge in [0, 0.05) is 40.6 Å². The number of carbonyl (C=O) groups is 2. The van der Waals surface area contributed by atoms with Crippen molar-refractivity contribution in [3.8, 4) is 0 Å². The van der Waals surface area contributed by atoms with Gasteiger partial charge in [-0.1, -0.05) is 24.3 Å². The molecule has 6 heteroatoms. The van der Waals surface area contributed by atoms with E-state index < -0.39 is 0 Å². The van der Waals surface area contributed by atoms with Crippen molar-refractivity contribution in [3.05, 3.63) is 72.4 Å². The SMILES string of the molecule is CC(C)NC(=O)Nc1ccc(NC(=O)/C=C/c2cccc3cccnc23)cc1. The molecule has 0 radical (unpaired) electrons. The van der Waals surface area contributed by atoms with Gasteiger partial charge in [0.05, 0.1) is 5.52 Å². The fourth-order valence-electron chi connectivity index (χ4n) is 2.68. The van der Waals surface area contributed by atoms with Gasteiger partial charge >= 0.3 is 6.03 Å². The van der Waals surface area contributed by atoms with Crippen LogP contribution in [-0.2, 0) is 4.79 Å². The van der Waals surface area contributed by atoms with Crippen LogP contribution in [0.5, 0.6) is 0 Å². The fraction of sp³-hybridized carbons (Fsp3) is 0.136. The number of fused-ring (bicyclic) bond motifs is 1. The number of anilines is 2. The highest BCUT2D eigenvalue weighted by molar-refractivity contribution is 6.03. The molecule has 0 saturated carbocycles. The maximum absolute atomic E-state index is 12.2. The molecule has 6 nitrogen and oxygen atoms in total. The third-order valence-electron chi connectivity index (χ3n) is 3.91. The standard InChI is InChI=1S/C22H22N4O2/c1-15(2)24-22(28)26-19-11-9-18(10-12-19)25-20(27)13-8-17-6-3-5-16-7-4-14-23-21(16)17/h3-15H,1-2H3,(H,25,27)(H2,24,26,28)/b13-8+. The Labute approximate surface area is 163 Å². The lowest BCUT2D eigenvalue weighted by Crippen LogP contribution is -2.34. The highest BCUT2D eigenvalue weighted by Gasteiger charge is 2.04. The van der Waals surface area contributed by atoms with E-state index in [0.29, 0.717) is 11.4 Å². The minimum Gasteiger partial charge on any atom is -0.336 e. The van der Waals surface area contributed by atoms with Crippen LogP contribution in [-0.4, -0.2) is 23.0 Å². The molecular weight excluding hydrogens is 352 g/mol. The minimum absolute atomic E-state index is 0.0577. The minimum atomic E-state index is -0.265. The summed E-state index contributed by atoms with van der Waals surface area (Å²) in [4.78, 5) is 28.3. The van der Waals surface area contributed by atoms with Crippen LogP contribution in [0.4, 0.5) is 16.2 Å². The molecule has 0 spiro atoms. The van der Waals surface area contributed by atoms with Gasteiger partial charge in [-0.05, 0) is 50.3 Å². The van der Waals surface area contributed by atoms with Crippen molar-refractivity contribution in [2.24, 2.45) is 0 Å². The third-order valence-corrected chi connectivity index (χ3v) is 3.91. The number of hydrogen-bond acceptors (Lipinski definition) is 3. The molecule has 3 amide bonds. The monoisotopic (exact) mass is 374 g/mol. The van der Waals surface area contributed by atoms with Crippen molar-refractivity contribution in [1.29, 1.82) is 0 Å². The topological polar surface area (TPSA) is 83.1 Å². The molecule has 0 aliphatic carbocycles. The molecule has 0 aliphatic heterocycles. The largest absolute Gasteiger partial charge is 0.336 e. The Kier molecular flexibility index (Phi) is 6.01. The summed E-state index contributed by atoms with van der Waals surface area (Å²) in [6.07, 6.45) is 4.96. The van der Waals surface area contributed by atoms with Crippen molar-refractivity contribution in [1.82, 2.24) is 10.3 Å². The van der Waals surface area contributed by atoms with Gasteiger partial charge < -0.3 is 16.0 Å². The zero-order chi connectivity index (χ0) is 19.9. The van der Waals surface area contributed by atoms with E-state index in [1.54, 1.807) is 36.5 Å². The van der Waals surface area contributed by atoms with Crippen LogP contribution in [0.15, 0.2) is 66.9 Å². The quantitative estimate of drug-likeness (QED) is 0.578. The summed E-state index contributed by atoms with van der Waals surface area (Å²) in [6, 6.07) is 16.4. The Balaban J connectivity index is 1.61. The predicted molar refractivity (Wildman–Crippen MR) is 113 cm³/mol. The molecule has 0 unspecified atom stereocenters. The third kappa shape index (κ3) is 5.17. The molecule has 3 rings (SSSR count). The lowest BCUT2D eigenvalue weighted by atomic mass is 10.1. The number of carbonyl (C=O) groups excluding carboxylic acids is 2. The maximum Gasteiger partial charge on any atom is 0.319 e. The summed E-state index contributed by atoms with van der Waals surface area (Å²) in [5.41, 5.74) is 3.02. The first kappa shape index (κ1) is 19.1. The number of benzene rings is 2. The Morgan fingerprint density at radius 3 is 2.32 bits per heavy atom. The molecule has 0 bridgehead atoms. The molecule has 142 valence electrons. The average Bonchev–Trinajstić information content (AvgIpc) is 2.67. The summed E-state index contributed by atoms with van der Waals surface area (Å²) < 4.78 is 0. The smallest absolute Gasteiger partial charge is 0.319 e. The van der Waals surface area contributed by atoms with Crippen molar-refractivity contribution in [2.45, 2.75) is 19.9 Å². The summed E-state index contributed by atoms with van der Waals surface area (Å²) >= 11 is 0. The van der Waals surface area contributed by atoms with E-state index in [2.05, 4.69) is 20.9 Å². The van der Waals surface area contributed by atoms with Gasteiger partial charge in [0.25, 0.3) is 0 Å². The van der Waals surface area contributed by atoms with E-state index in [4.69, 9.17) is 0 Å². The molecule has 3 N–H and O–H groups in total. The van der Waals surface area contributed by atoms with Crippen LogP contribution < -0.4 is 16.0 Å². The van der Waals surface area contributed by atoms with Crippen molar-refractivity contribution in [3.63, 3.8) is 0 Å². The van der Waals surface area contributed by atoms with Crippen LogP contribution in [0.3, 0.4) is 0 Å².